The Labute approximate surface area is 334 Å². The van der Waals surface area contributed by atoms with E-state index < -0.39 is 99.8 Å². The number of ether oxygens (including phenoxy) is 4. The fourth-order valence-electron chi connectivity index (χ4n) is 4.76. The molecule has 0 spiro atoms. The summed E-state index contributed by atoms with van der Waals surface area (Å²) in [6, 6.07) is -0.274. The molecule has 2 aliphatic heterocycles. The van der Waals surface area contributed by atoms with Gasteiger partial charge in [0, 0.05) is 25.5 Å². The summed E-state index contributed by atoms with van der Waals surface area (Å²) < 4.78 is 45.0. The smallest absolute Gasteiger partial charge is 0.537 e. The van der Waals surface area contributed by atoms with Crippen molar-refractivity contribution in [2.24, 2.45) is 0 Å². The molecule has 0 aromatic carbocycles. The van der Waals surface area contributed by atoms with E-state index in [0.717, 1.165) is 10.8 Å². The van der Waals surface area contributed by atoms with E-state index in [4.69, 9.17) is 38.6 Å². The molecule has 3 heterocycles. The Morgan fingerprint density at radius 2 is 1.98 bits per heavy atom. The zero-order chi connectivity index (χ0) is 35.6. The van der Waals surface area contributed by atoms with Gasteiger partial charge in [0.2, 0.25) is 5.91 Å². The Morgan fingerprint density at radius 3 is 2.60 bits per heavy atom. The van der Waals surface area contributed by atoms with Crippen molar-refractivity contribution < 1.29 is 137 Å². The van der Waals surface area contributed by atoms with Gasteiger partial charge in [-0.15, -0.1) is 11.8 Å². The first-order chi connectivity index (χ1) is 22.7. The minimum absolute atomic E-state index is 0. The number of rotatable bonds is 19. The predicted octanol–water partition coefficient (Wildman–Crippen LogP) is -11.1. The molecule has 1 amide bonds. The van der Waals surface area contributed by atoms with E-state index in [-0.39, 0.29) is 70.7 Å². The number of carbonyl (C=O) groups excluding carboxylic acids is 2. The zero-order valence-corrected chi connectivity index (χ0v) is 33.3. The van der Waals surface area contributed by atoms with Crippen LogP contribution in [0.15, 0.2) is 17.1 Å². The molecular weight excluding hydrogens is 737 g/mol. The van der Waals surface area contributed by atoms with Crippen molar-refractivity contribution in [2.45, 2.75) is 67.2 Å². The summed E-state index contributed by atoms with van der Waals surface area (Å²) in [7, 11) is -3.64. The second kappa shape index (κ2) is 22.3. The molecule has 2 aliphatic rings. The Morgan fingerprint density at radius 1 is 1.28 bits per heavy atom. The largest absolute Gasteiger partial charge is 1.00 e. The number of aromatic nitrogens is 2. The second-order valence-corrected chi connectivity index (χ2v) is 13.2. The van der Waals surface area contributed by atoms with E-state index >= 15 is 0 Å². The number of aliphatic hydroxyl groups excluding tert-OH is 6. The second-order valence-electron chi connectivity index (χ2n) is 10.7. The SMILES string of the molecule is COCCOCCSCC(=O)N[C@H]1C([C@H](O)C(O)CO)O[C@@]([C-]=O)(OP(=O)([OH2+])OCC2OC(n3ccc(N)nc3=O)[C@H](O)[C@@H]2O)C[C@@H]1O.[Na+].[Na+]. The van der Waals surface area contributed by atoms with Crippen molar-refractivity contribution in [3.8, 4) is 0 Å². The molecule has 3 rings (SSSR count). The van der Waals surface area contributed by atoms with Gasteiger partial charge in [-0.25, -0.2) is 20.1 Å². The number of nitrogens with one attached hydrogen (secondary N) is 1. The minimum atomic E-state index is -5.16. The molecule has 21 nitrogen and oxygen atoms in total. The molecule has 11 N–H and O–H groups in total. The minimum Gasteiger partial charge on any atom is -0.537 e. The number of thioether (sulfide) groups is 1. The van der Waals surface area contributed by atoms with Crippen LogP contribution in [-0.4, -0.2) is 163 Å². The van der Waals surface area contributed by atoms with E-state index in [2.05, 4.69) is 10.3 Å². The normalized spacial score (nSPS) is 30.3. The van der Waals surface area contributed by atoms with Crippen LogP contribution in [0.4, 0.5) is 5.82 Å². The van der Waals surface area contributed by atoms with Gasteiger partial charge in [0.15, 0.2) is 6.23 Å². The Hall–Kier alpha value is -0.120. The number of aliphatic hydroxyl groups is 6. The van der Waals surface area contributed by atoms with E-state index in [9.17, 15) is 49.6 Å². The molecule has 1 aromatic heterocycles. The third-order valence-electron chi connectivity index (χ3n) is 7.15. The number of nitrogens with two attached hydrogens (primary N) is 1. The molecule has 0 radical (unpaired) electrons. The molecule has 0 bridgehead atoms. The summed E-state index contributed by atoms with van der Waals surface area (Å²) in [6.45, 7) is -0.829. The maximum absolute atomic E-state index is 13.1. The van der Waals surface area contributed by atoms with Crippen LogP contribution in [0.25, 0.3) is 0 Å². The fourth-order valence-corrected chi connectivity index (χ4v) is 6.34. The third-order valence-corrected chi connectivity index (χ3v) is 9.10. The first-order valence-electron chi connectivity index (χ1n) is 14.4. The van der Waals surface area contributed by atoms with Crippen LogP contribution < -0.4 is 75.9 Å². The van der Waals surface area contributed by atoms with Crippen LogP contribution in [-0.2, 0) is 42.1 Å². The van der Waals surface area contributed by atoms with E-state index in [1.54, 1.807) is 0 Å². The van der Waals surface area contributed by atoms with Crippen molar-refractivity contribution in [3.05, 3.63) is 22.7 Å². The topological polar surface area (TPSA) is 324 Å². The van der Waals surface area contributed by atoms with E-state index in [0.29, 0.717) is 25.6 Å². The molecule has 0 aliphatic carbocycles. The maximum Gasteiger partial charge on any atom is 1.00 e. The van der Waals surface area contributed by atoms with Crippen LogP contribution in [0.1, 0.15) is 12.6 Å². The van der Waals surface area contributed by atoms with Crippen molar-refractivity contribution in [3.63, 3.8) is 0 Å². The van der Waals surface area contributed by atoms with Crippen LogP contribution in [0.5, 0.6) is 0 Å². The molecule has 0 saturated carbocycles. The van der Waals surface area contributed by atoms with Gasteiger partial charge in [-0.3, -0.25) is 9.36 Å². The van der Waals surface area contributed by atoms with Gasteiger partial charge in [-0.2, -0.15) is 9.55 Å². The molecule has 50 heavy (non-hydrogen) atoms. The number of hydrogen-bond acceptors (Lipinski definition) is 19. The van der Waals surface area contributed by atoms with Gasteiger partial charge in [0.05, 0.1) is 56.7 Å². The van der Waals surface area contributed by atoms with Gasteiger partial charge in [-0.05, 0) is 6.07 Å². The van der Waals surface area contributed by atoms with E-state index in [1.165, 1.54) is 31.2 Å². The van der Waals surface area contributed by atoms with Crippen LogP contribution in [0, 0.1) is 0 Å². The van der Waals surface area contributed by atoms with Crippen LogP contribution >= 0.6 is 19.6 Å². The molecule has 11 atom stereocenters. The van der Waals surface area contributed by atoms with Crippen LogP contribution in [0.2, 0.25) is 0 Å². The van der Waals surface area contributed by atoms with Gasteiger partial charge in [-0.1, -0.05) is 0 Å². The first kappa shape index (κ1) is 47.9. The number of carbonyl (C=O) groups is 1. The quantitative estimate of drug-likeness (QED) is 0.0212. The van der Waals surface area contributed by atoms with Gasteiger partial charge < -0.3 is 70.3 Å². The number of hydrogen-bond donors (Lipinski definition) is 8. The number of amides is 1. The summed E-state index contributed by atoms with van der Waals surface area (Å²) in [6.07, 6.45) is -12.5. The summed E-state index contributed by atoms with van der Waals surface area (Å²) in [5.41, 5.74) is 4.53. The Balaban J connectivity index is 0.00000625. The van der Waals surface area contributed by atoms with Crippen molar-refractivity contribution >= 4 is 37.6 Å². The van der Waals surface area contributed by atoms with Gasteiger partial charge in [0.25, 0.3) is 0 Å². The summed E-state index contributed by atoms with van der Waals surface area (Å²) >= 11 is 1.17. The van der Waals surface area contributed by atoms with Gasteiger partial charge >= 0.3 is 72.6 Å². The fraction of sp³-hybridized carbons (Fsp3) is 0.760. The standard InChI is InChI=1S/C25H40N4O17PS.2Na/c1-41-4-5-42-6-7-48-11-17(34)28-18-13(32)8-25(12-31,45-22(18)19(35)14(33)9-30)46-47(39,40)43-10-15-20(36)21(37)23(44-15)29-3-2-16(26)27-24(29)38;;/h2-3,13-15,18-23,30,32-33,35-37H,4-11H2,1H3,(H,28,34)(H,39,40)(H2,26,27,38);;/q-1;2*+1/p+1/t13-,14?,15?,18+,19+,20+,21+,22?,23?,25+;;/m0../s1. The average Bonchev–Trinajstić information content (AvgIpc) is 3.32. The van der Waals surface area contributed by atoms with Crippen LogP contribution in [0.3, 0.4) is 0 Å². The van der Waals surface area contributed by atoms with E-state index in [1.807, 2.05) is 0 Å². The third kappa shape index (κ3) is 13.3. The summed E-state index contributed by atoms with van der Waals surface area (Å²) in [4.78, 5) is 48.5. The molecule has 5 unspecified atom stereocenters. The predicted molar refractivity (Wildman–Crippen MR) is 162 cm³/mol. The summed E-state index contributed by atoms with van der Waals surface area (Å²) in [5.74, 6) is -3.34. The molecule has 2 fully saturated rings. The number of anilines is 1. The van der Waals surface area contributed by atoms with Crippen molar-refractivity contribution in [1.82, 2.24) is 14.9 Å². The number of nitrogen functional groups attached to an aromatic ring is 1. The first-order valence-corrected chi connectivity index (χ1v) is 17.1. The molecular formula is C25H41N4Na2O17PS+2. The molecule has 274 valence electrons. The molecule has 2 saturated heterocycles. The molecule has 25 heteroatoms. The number of methoxy groups -OCH3 is 1. The van der Waals surface area contributed by atoms with Crippen molar-refractivity contribution in [1.29, 1.82) is 0 Å². The molecule has 1 aromatic rings. The van der Waals surface area contributed by atoms with Gasteiger partial charge in [0.1, 0.15) is 42.4 Å². The van der Waals surface area contributed by atoms with Crippen molar-refractivity contribution in [2.75, 3.05) is 57.4 Å². The zero-order valence-electron chi connectivity index (χ0n) is 27.6. The maximum atomic E-state index is 13.1. The Bertz CT molecular complexity index is 1330. The Kier molecular flexibility index (Phi) is 21.4. The number of nitrogens with zero attached hydrogens (tertiary/aromatic N) is 2. The monoisotopic (exact) mass is 778 g/mol. The summed E-state index contributed by atoms with van der Waals surface area (Å²) in [5, 5.41) is 64.3. The average molecular weight is 779 g/mol.